The normalized spacial score (nSPS) is 15.4. The lowest BCUT2D eigenvalue weighted by atomic mass is 10.1. The van der Waals surface area contributed by atoms with E-state index >= 15 is 0 Å². The largest absolute Gasteiger partial charge is 0.488 e. The fourth-order valence-electron chi connectivity index (χ4n) is 3.13. The van der Waals surface area contributed by atoms with Crippen LogP contribution in [0.25, 0.3) is 6.08 Å². The smallest absolute Gasteiger partial charge is 0.416 e. The molecule has 3 nitrogen and oxygen atoms in total. The van der Waals surface area contributed by atoms with Crippen molar-refractivity contribution in [2.24, 2.45) is 0 Å². The Kier molecular flexibility index (Phi) is 6.78. The molecule has 33 heavy (non-hydrogen) atoms. The summed E-state index contributed by atoms with van der Waals surface area (Å²) < 4.78 is 45.4. The van der Waals surface area contributed by atoms with Crippen LogP contribution in [0.1, 0.15) is 16.7 Å². The third-order valence-electron chi connectivity index (χ3n) is 4.74. The van der Waals surface area contributed by atoms with E-state index in [0.29, 0.717) is 27.8 Å². The Bertz CT molecular complexity index is 1240. The molecule has 1 amide bonds. The lowest BCUT2D eigenvalue weighted by molar-refractivity contribution is -0.137. The number of carbonyl (C=O) groups is 1. The molecule has 4 rings (SSSR count). The van der Waals surface area contributed by atoms with Crippen molar-refractivity contribution in [1.29, 1.82) is 0 Å². The number of alkyl halides is 3. The molecule has 1 fully saturated rings. The number of benzene rings is 3. The summed E-state index contributed by atoms with van der Waals surface area (Å²) in [5.74, 6) is 0.0635. The fraction of sp³-hybridized carbons (Fsp3) is 0.0833. The van der Waals surface area contributed by atoms with Gasteiger partial charge in [-0.3, -0.25) is 9.69 Å². The Hall–Kier alpha value is -2.81. The maximum Gasteiger partial charge on any atom is 0.416 e. The van der Waals surface area contributed by atoms with Gasteiger partial charge in [0, 0.05) is 10.6 Å². The van der Waals surface area contributed by atoms with E-state index in [1.807, 2.05) is 18.2 Å². The van der Waals surface area contributed by atoms with Gasteiger partial charge in [-0.25, -0.2) is 0 Å². The highest BCUT2D eigenvalue weighted by atomic mass is 35.5. The Morgan fingerprint density at radius 3 is 2.48 bits per heavy atom. The first kappa shape index (κ1) is 23.4. The molecular formula is C24H15ClF3NO2S2. The average Bonchev–Trinajstić information content (AvgIpc) is 3.06. The highest BCUT2D eigenvalue weighted by molar-refractivity contribution is 8.27. The van der Waals surface area contributed by atoms with Gasteiger partial charge in [-0.05, 0) is 48.0 Å². The molecule has 0 unspecified atom stereocenters. The summed E-state index contributed by atoms with van der Waals surface area (Å²) in [7, 11) is 0. The number of thiocarbonyl (C=S) groups is 1. The third kappa shape index (κ3) is 5.40. The molecule has 0 bridgehead atoms. The minimum absolute atomic E-state index is 0.0722. The summed E-state index contributed by atoms with van der Waals surface area (Å²) in [5.41, 5.74) is 0.794. The Morgan fingerprint density at radius 2 is 1.76 bits per heavy atom. The molecule has 1 aliphatic rings. The quantitative estimate of drug-likeness (QED) is 0.268. The molecule has 168 valence electrons. The first-order valence-corrected chi connectivity index (χ1v) is 11.2. The highest BCUT2D eigenvalue weighted by Crippen LogP contribution is 2.39. The van der Waals surface area contributed by atoms with Gasteiger partial charge >= 0.3 is 6.18 Å². The van der Waals surface area contributed by atoms with Gasteiger partial charge in [0.2, 0.25) is 0 Å². The van der Waals surface area contributed by atoms with Crippen LogP contribution in [0.5, 0.6) is 5.75 Å². The van der Waals surface area contributed by atoms with E-state index in [4.69, 9.17) is 28.6 Å². The van der Waals surface area contributed by atoms with Crippen LogP contribution in [0.2, 0.25) is 5.02 Å². The predicted molar refractivity (Wildman–Crippen MR) is 129 cm³/mol. The van der Waals surface area contributed by atoms with Crippen LogP contribution in [0.4, 0.5) is 18.9 Å². The van der Waals surface area contributed by atoms with Crippen molar-refractivity contribution in [3.8, 4) is 5.75 Å². The number of amides is 1. The number of nitrogens with zero attached hydrogens (tertiary/aromatic N) is 1. The van der Waals surface area contributed by atoms with Gasteiger partial charge in [-0.1, -0.05) is 72.0 Å². The van der Waals surface area contributed by atoms with Crippen LogP contribution in [0.3, 0.4) is 0 Å². The highest BCUT2D eigenvalue weighted by Gasteiger charge is 2.36. The topological polar surface area (TPSA) is 29.5 Å². The van der Waals surface area contributed by atoms with E-state index in [-0.39, 0.29) is 10.0 Å². The molecule has 1 heterocycles. The Balaban J connectivity index is 1.57. The second-order valence-corrected chi connectivity index (χ2v) is 9.13. The number of halogens is 4. The van der Waals surface area contributed by atoms with Crippen molar-refractivity contribution in [2.45, 2.75) is 12.8 Å². The lowest BCUT2D eigenvalue weighted by Crippen LogP contribution is -2.27. The number of rotatable bonds is 5. The molecule has 1 aliphatic heterocycles. The minimum Gasteiger partial charge on any atom is -0.488 e. The molecular weight excluding hydrogens is 491 g/mol. The maximum atomic E-state index is 13.1. The van der Waals surface area contributed by atoms with E-state index in [1.165, 1.54) is 12.1 Å². The summed E-state index contributed by atoms with van der Waals surface area (Å²) in [6.07, 6.45) is -2.89. The molecule has 0 radical (unpaired) electrons. The van der Waals surface area contributed by atoms with Crippen molar-refractivity contribution in [3.63, 3.8) is 0 Å². The van der Waals surface area contributed by atoms with Gasteiger partial charge < -0.3 is 4.74 Å². The van der Waals surface area contributed by atoms with Crippen molar-refractivity contribution < 1.29 is 22.7 Å². The van der Waals surface area contributed by atoms with Crippen molar-refractivity contribution in [2.75, 3.05) is 4.90 Å². The zero-order valence-corrected chi connectivity index (χ0v) is 19.2. The summed E-state index contributed by atoms with van der Waals surface area (Å²) >= 11 is 12.2. The van der Waals surface area contributed by atoms with Crippen molar-refractivity contribution in [1.82, 2.24) is 0 Å². The van der Waals surface area contributed by atoms with E-state index in [1.54, 1.807) is 36.4 Å². The van der Waals surface area contributed by atoms with Crippen molar-refractivity contribution in [3.05, 3.63) is 99.4 Å². The first-order valence-electron chi connectivity index (χ1n) is 9.64. The van der Waals surface area contributed by atoms with Gasteiger partial charge in [-0.2, -0.15) is 13.2 Å². The van der Waals surface area contributed by atoms with E-state index < -0.39 is 17.6 Å². The number of ether oxygens (including phenoxy) is 1. The predicted octanol–water partition coefficient (Wildman–Crippen LogP) is 7.34. The van der Waals surface area contributed by atoms with Gasteiger partial charge in [0.05, 0.1) is 16.2 Å². The summed E-state index contributed by atoms with van der Waals surface area (Å²) in [6.45, 7) is 0.299. The Labute approximate surface area is 202 Å². The second-order valence-electron chi connectivity index (χ2n) is 7.02. The van der Waals surface area contributed by atoms with Crippen LogP contribution >= 0.6 is 35.6 Å². The molecule has 0 atom stereocenters. The van der Waals surface area contributed by atoms with Crippen LogP contribution in [-0.2, 0) is 17.6 Å². The monoisotopic (exact) mass is 505 g/mol. The molecule has 3 aromatic rings. The van der Waals surface area contributed by atoms with E-state index in [2.05, 4.69) is 0 Å². The molecule has 0 saturated carbocycles. The van der Waals surface area contributed by atoms with Gasteiger partial charge in [-0.15, -0.1) is 0 Å². The van der Waals surface area contributed by atoms with Crippen LogP contribution in [0, 0.1) is 0 Å². The second kappa shape index (κ2) is 9.59. The maximum absolute atomic E-state index is 13.1. The standard InChI is InChI=1S/C24H15ClF3NO2S2/c25-18-10-8-15(9-11-18)14-31-20-7-2-1-4-16(20)12-21-22(30)29(23(32)33-21)19-6-3-5-17(13-19)24(26,27)28/h1-13H,14H2/b21-12-. The zero-order valence-electron chi connectivity index (χ0n) is 16.8. The average molecular weight is 506 g/mol. The lowest BCUT2D eigenvalue weighted by Gasteiger charge is -2.16. The minimum atomic E-state index is -4.52. The molecule has 0 aliphatic carbocycles. The number of hydrogen-bond acceptors (Lipinski definition) is 4. The number of anilines is 1. The van der Waals surface area contributed by atoms with Crippen LogP contribution in [0.15, 0.2) is 77.7 Å². The third-order valence-corrected chi connectivity index (χ3v) is 6.29. The molecule has 3 aromatic carbocycles. The summed E-state index contributed by atoms with van der Waals surface area (Å²) in [4.78, 5) is 14.4. The van der Waals surface area contributed by atoms with Gasteiger partial charge in [0.1, 0.15) is 12.4 Å². The van der Waals surface area contributed by atoms with Gasteiger partial charge in [0.25, 0.3) is 5.91 Å². The number of hydrogen-bond donors (Lipinski definition) is 0. The van der Waals surface area contributed by atoms with Gasteiger partial charge in [0.15, 0.2) is 4.32 Å². The van der Waals surface area contributed by atoms with E-state index in [9.17, 15) is 18.0 Å². The molecule has 0 aromatic heterocycles. The SMILES string of the molecule is O=C1/C(=C/c2ccccc2OCc2ccc(Cl)cc2)SC(=S)N1c1cccc(C(F)(F)F)c1. The molecule has 0 spiro atoms. The van der Waals surface area contributed by atoms with Crippen molar-refractivity contribution >= 4 is 57.6 Å². The first-order chi connectivity index (χ1) is 15.7. The fourth-order valence-corrected chi connectivity index (χ4v) is 4.54. The zero-order chi connectivity index (χ0) is 23.6. The summed E-state index contributed by atoms with van der Waals surface area (Å²) in [5, 5.41) is 0.627. The number of thioether (sulfide) groups is 1. The van der Waals surface area contributed by atoms with Crippen LogP contribution < -0.4 is 9.64 Å². The molecule has 9 heteroatoms. The Morgan fingerprint density at radius 1 is 1.03 bits per heavy atom. The number of para-hydroxylation sites is 1. The van der Waals surface area contributed by atoms with E-state index in [0.717, 1.165) is 34.4 Å². The number of carbonyl (C=O) groups excluding carboxylic acids is 1. The molecule has 1 saturated heterocycles. The summed E-state index contributed by atoms with van der Waals surface area (Å²) in [6, 6.07) is 18.9. The van der Waals surface area contributed by atoms with Crippen LogP contribution in [-0.4, -0.2) is 10.2 Å². The molecule has 0 N–H and O–H groups in total.